The molecule has 1 heterocycles. The van der Waals surface area contributed by atoms with Gasteiger partial charge in [0.05, 0.1) is 11.9 Å². The van der Waals surface area contributed by atoms with Crippen molar-refractivity contribution in [3.05, 3.63) is 59.2 Å². The fourth-order valence-electron chi connectivity index (χ4n) is 3.58. The van der Waals surface area contributed by atoms with Crippen molar-refractivity contribution in [2.45, 2.75) is 32.5 Å². The average Bonchev–Trinajstić information content (AvgIpc) is 2.97. The van der Waals surface area contributed by atoms with Crippen LogP contribution in [-0.2, 0) is 23.0 Å². The zero-order valence-electron chi connectivity index (χ0n) is 16.3. The van der Waals surface area contributed by atoms with Crippen LogP contribution in [-0.4, -0.2) is 45.2 Å². The molecule has 29 heavy (non-hydrogen) atoms. The second-order valence-electron chi connectivity index (χ2n) is 7.14. The van der Waals surface area contributed by atoms with Crippen molar-refractivity contribution in [3.8, 4) is 5.75 Å². The Kier molecular flexibility index (Phi) is 5.79. The largest absolute Gasteiger partial charge is 0.435 e. The van der Waals surface area contributed by atoms with E-state index in [4.69, 9.17) is 0 Å². The Morgan fingerprint density at radius 3 is 2.48 bits per heavy atom. The number of alkyl halides is 2. The van der Waals surface area contributed by atoms with E-state index in [9.17, 15) is 22.0 Å². The molecule has 9 heteroatoms. The van der Waals surface area contributed by atoms with Crippen molar-refractivity contribution in [1.82, 2.24) is 4.90 Å². The quantitative estimate of drug-likeness (QED) is 0.714. The van der Waals surface area contributed by atoms with E-state index in [0.717, 1.165) is 11.1 Å². The molecule has 0 N–H and O–H groups in total. The van der Waals surface area contributed by atoms with E-state index in [2.05, 4.69) is 4.74 Å². The van der Waals surface area contributed by atoms with Crippen LogP contribution in [0.15, 0.2) is 42.5 Å². The molecule has 1 atom stereocenters. The number of hydrogen-bond acceptors (Lipinski definition) is 4. The van der Waals surface area contributed by atoms with E-state index in [1.165, 1.54) is 27.6 Å². The molecule has 1 unspecified atom stereocenters. The second kappa shape index (κ2) is 7.98. The van der Waals surface area contributed by atoms with E-state index >= 15 is 0 Å². The summed E-state index contributed by atoms with van der Waals surface area (Å²) in [7, 11) is -1.74. The van der Waals surface area contributed by atoms with Crippen molar-refractivity contribution in [2.75, 3.05) is 17.6 Å². The summed E-state index contributed by atoms with van der Waals surface area (Å²) < 4.78 is 54.2. The Hall–Kier alpha value is -2.68. The fourth-order valence-corrected chi connectivity index (χ4v) is 4.85. The first kappa shape index (κ1) is 21.0. The number of amides is 1. The van der Waals surface area contributed by atoms with Crippen LogP contribution in [0.4, 0.5) is 14.5 Å². The Bertz CT molecular complexity index is 1010. The minimum atomic E-state index is -3.39. The second-order valence-corrected chi connectivity index (χ2v) is 9.00. The first-order valence-corrected chi connectivity index (χ1v) is 10.8. The van der Waals surface area contributed by atoms with Gasteiger partial charge in [-0.1, -0.05) is 12.1 Å². The Morgan fingerprint density at radius 2 is 1.90 bits per heavy atom. The zero-order chi connectivity index (χ0) is 21.3. The number of sulfonamides is 1. The number of fused-ring (bicyclic) bond motifs is 1. The fraction of sp³-hybridized carbons (Fsp3) is 0.350. The van der Waals surface area contributed by atoms with Crippen LogP contribution >= 0.6 is 0 Å². The highest BCUT2D eigenvalue weighted by molar-refractivity contribution is 7.92. The van der Waals surface area contributed by atoms with Crippen LogP contribution in [0.5, 0.6) is 5.75 Å². The molecule has 0 aliphatic carbocycles. The number of ether oxygens (including phenoxy) is 1. The molecule has 0 saturated carbocycles. The maximum atomic E-state index is 12.8. The predicted octanol–water partition coefficient (Wildman–Crippen LogP) is 3.27. The van der Waals surface area contributed by atoms with Gasteiger partial charge in [0, 0.05) is 25.2 Å². The van der Waals surface area contributed by atoms with Gasteiger partial charge in [0.25, 0.3) is 5.91 Å². The van der Waals surface area contributed by atoms with E-state index in [1.807, 2.05) is 6.92 Å². The molecule has 156 valence electrons. The standard InChI is InChI=1S/C20H22F2N2O4S/c1-13-10-16-11-15(6-9-18(16)24(13)29(3,26)27)19(25)23(2)12-14-4-7-17(8-5-14)28-20(21)22/h4-9,11,13,20H,10,12H2,1-3H3. The normalized spacial score (nSPS) is 16.1. The van der Waals surface area contributed by atoms with Crippen LogP contribution in [0.3, 0.4) is 0 Å². The number of hydrogen-bond donors (Lipinski definition) is 0. The minimum absolute atomic E-state index is 0.0564. The van der Waals surface area contributed by atoms with Gasteiger partial charge in [-0.15, -0.1) is 0 Å². The summed E-state index contributed by atoms with van der Waals surface area (Å²) in [5, 5.41) is 0. The molecule has 0 spiro atoms. The lowest BCUT2D eigenvalue weighted by Gasteiger charge is -2.22. The SMILES string of the molecule is CC1Cc2cc(C(=O)N(C)Cc3ccc(OC(F)F)cc3)ccc2N1S(C)(=O)=O. The third-order valence-corrected chi connectivity index (χ3v) is 6.02. The molecule has 3 rings (SSSR count). The summed E-state index contributed by atoms with van der Waals surface area (Å²) in [5.41, 5.74) is 2.65. The van der Waals surface area contributed by atoms with Gasteiger partial charge in [0.15, 0.2) is 0 Å². The predicted molar refractivity (Wildman–Crippen MR) is 106 cm³/mol. The molecule has 0 fully saturated rings. The summed E-state index contributed by atoms with van der Waals surface area (Å²) in [6.07, 6.45) is 1.71. The van der Waals surface area contributed by atoms with Crippen LogP contribution < -0.4 is 9.04 Å². The summed E-state index contributed by atoms with van der Waals surface area (Å²) in [4.78, 5) is 14.3. The third kappa shape index (κ3) is 4.67. The third-order valence-electron chi connectivity index (χ3n) is 4.75. The lowest BCUT2D eigenvalue weighted by molar-refractivity contribution is -0.0498. The van der Waals surface area contributed by atoms with Crippen LogP contribution in [0.2, 0.25) is 0 Å². The summed E-state index contributed by atoms with van der Waals surface area (Å²) in [5.74, 6) is -0.160. The number of carbonyl (C=O) groups is 1. The number of carbonyl (C=O) groups excluding carboxylic acids is 1. The zero-order valence-corrected chi connectivity index (χ0v) is 17.1. The van der Waals surface area contributed by atoms with E-state index in [-0.39, 0.29) is 24.2 Å². The molecule has 0 radical (unpaired) electrons. The molecule has 0 bridgehead atoms. The number of halogens is 2. The van der Waals surface area contributed by atoms with E-state index in [1.54, 1.807) is 37.4 Å². The Balaban J connectivity index is 1.73. The molecule has 1 aliphatic rings. The maximum absolute atomic E-state index is 12.8. The summed E-state index contributed by atoms with van der Waals surface area (Å²) >= 11 is 0. The monoisotopic (exact) mass is 424 g/mol. The lowest BCUT2D eigenvalue weighted by Crippen LogP contribution is -2.34. The van der Waals surface area contributed by atoms with Crippen molar-refractivity contribution in [3.63, 3.8) is 0 Å². The van der Waals surface area contributed by atoms with Crippen LogP contribution in [0, 0.1) is 0 Å². The maximum Gasteiger partial charge on any atom is 0.387 e. The van der Waals surface area contributed by atoms with Gasteiger partial charge in [-0.25, -0.2) is 8.42 Å². The van der Waals surface area contributed by atoms with Crippen LogP contribution in [0.25, 0.3) is 0 Å². The molecular formula is C20H22F2N2O4S. The van der Waals surface area contributed by atoms with E-state index in [0.29, 0.717) is 17.7 Å². The molecule has 6 nitrogen and oxygen atoms in total. The number of anilines is 1. The minimum Gasteiger partial charge on any atom is -0.435 e. The lowest BCUT2D eigenvalue weighted by atomic mass is 10.1. The van der Waals surface area contributed by atoms with Gasteiger partial charge >= 0.3 is 6.61 Å². The molecule has 2 aromatic rings. The number of nitrogens with zero attached hydrogens (tertiary/aromatic N) is 2. The molecule has 2 aromatic carbocycles. The van der Waals surface area contributed by atoms with E-state index < -0.39 is 16.6 Å². The van der Waals surface area contributed by atoms with Crippen molar-refractivity contribution >= 4 is 21.6 Å². The average molecular weight is 424 g/mol. The van der Waals surface area contributed by atoms with Gasteiger partial charge in [0.1, 0.15) is 5.75 Å². The first-order valence-electron chi connectivity index (χ1n) is 8.98. The Labute approximate surface area is 168 Å². The van der Waals surface area contributed by atoms with Gasteiger partial charge in [-0.2, -0.15) is 8.78 Å². The number of benzene rings is 2. The van der Waals surface area contributed by atoms with Crippen molar-refractivity contribution in [2.24, 2.45) is 0 Å². The molecule has 0 saturated heterocycles. The molecule has 1 amide bonds. The van der Waals surface area contributed by atoms with Gasteiger partial charge in [0.2, 0.25) is 10.0 Å². The highest BCUT2D eigenvalue weighted by atomic mass is 32.2. The van der Waals surface area contributed by atoms with Crippen LogP contribution in [0.1, 0.15) is 28.4 Å². The summed E-state index contributed by atoms with van der Waals surface area (Å²) in [6, 6.07) is 10.9. The molecule has 0 aromatic heterocycles. The molecular weight excluding hydrogens is 402 g/mol. The van der Waals surface area contributed by atoms with Crippen molar-refractivity contribution < 1.29 is 26.7 Å². The highest BCUT2D eigenvalue weighted by Crippen LogP contribution is 2.35. The Morgan fingerprint density at radius 1 is 1.24 bits per heavy atom. The molecule has 1 aliphatic heterocycles. The number of rotatable bonds is 6. The van der Waals surface area contributed by atoms with Crippen molar-refractivity contribution in [1.29, 1.82) is 0 Å². The smallest absolute Gasteiger partial charge is 0.387 e. The van der Waals surface area contributed by atoms with Gasteiger partial charge in [-0.05, 0) is 54.8 Å². The topological polar surface area (TPSA) is 66.9 Å². The highest BCUT2D eigenvalue weighted by Gasteiger charge is 2.33. The van der Waals surface area contributed by atoms with Gasteiger partial charge in [-0.3, -0.25) is 9.10 Å². The summed E-state index contributed by atoms with van der Waals surface area (Å²) in [6.45, 7) is -0.765. The first-order chi connectivity index (χ1) is 13.6. The van der Waals surface area contributed by atoms with Gasteiger partial charge < -0.3 is 9.64 Å².